The predicted molar refractivity (Wildman–Crippen MR) is 72.4 cm³/mol. The van der Waals surface area contributed by atoms with E-state index >= 15 is 0 Å². The van der Waals surface area contributed by atoms with Crippen LogP contribution in [0.25, 0.3) is 0 Å². The van der Waals surface area contributed by atoms with Crippen LogP contribution in [0, 0.1) is 6.92 Å². The number of hydrogen-bond acceptors (Lipinski definition) is 3. The molecule has 0 amide bonds. The first-order valence-electron chi connectivity index (χ1n) is 6.62. The number of hydrogen-bond donors (Lipinski definition) is 1. The first kappa shape index (κ1) is 12.4. The molecule has 1 heterocycles. The van der Waals surface area contributed by atoms with Gasteiger partial charge in [0.2, 0.25) is 0 Å². The average Bonchev–Trinajstić information content (AvgIpc) is 2.25. The standard InChI is InChI=1S/C14H23N3/c1-4-15-10-12-8-9-14(16-11(12)2)17(3)13-6-5-7-13/h8-9,13,15H,4-7,10H2,1-3H3. The highest BCUT2D eigenvalue weighted by Crippen LogP contribution is 2.27. The highest BCUT2D eigenvalue weighted by atomic mass is 15.2. The molecule has 1 aromatic rings. The van der Waals surface area contributed by atoms with E-state index in [2.05, 4.69) is 43.2 Å². The Bertz CT molecular complexity index is 372. The summed E-state index contributed by atoms with van der Waals surface area (Å²) in [6, 6.07) is 5.06. The quantitative estimate of drug-likeness (QED) is 0.847. The number of pyridine rings is 1. The van der Waals surface area contributed by atoms with Crippen LogP contribution in [-0.4, -0.2) is 24.6 Å². The summed E-state index contributed by atoms with van der Waals surface area (Å²) >= 11 is 0. The topological polar surface area (TPSA) is 28.2 Å². The third kappa shape index (κ3) is 2.78. The van der Waals surface area contributed by atoms with E-state index < -0.39 is 0 Å². The van der Waals surface area contributed by atoms with Gasteiger partial charge in [0.25, 0.3) is 0 Å². The molecule has 1 aliphatic rings. The maximum atomic E-state index is 4.71. The Morgan fingerprint density at radius 3 is 2.71 bits per heavy atom. The predicted octanol–water partition coefficient (Wildman–Crippen LogP) is 2.49. The minimum absolute atomic E-state index is 0.710. The Hall–Kier alpha value is -1.09. The molecule has 0 radical (unpaired) electrons. The summed E-state index contributed by atoms with van der Waals surface area (Å²) in [5, 5.41) is 3.35. The van der Waals surface area contributed by atoms with Gasteiger partial charge in [0.05, 0.1) is 0 Å². The Morgan fingerprint density at radius 1 is 1.41 bits per heavy atom. The van der Waals surface area contributed by atoms with Gasteiger partial charge < -0.3 is 10.2 Å². The zero-order chi connectivity index (χ0) is 12.3. The van der Waals surface area contributed by atoms with Crippen molar-refractivity contribution < 1.29 is 0 Å². The summed E-state index contributed by atoms with van der Waals surface area (Å²) < 4.78 is 0. The number of anilines is 1. The average molecular weight is 233 g/mol. The summed E-state index contributed by atoms with van der Waals surface area (Å²) in [5.41, 5.74) is 2.45. The van der Waals surface area contributed by atoms with E-state index in [1.54, 1.807) is 0 Å². The lowest BCUT2D eigenvalue weighted by atomic mass is 9.92. The Balaban J connectivity index is 2.06. The summed E-state index contributed by atoms with van der Waals surface area (Å²) in [6.07, 6.45) is 4.00. The molecule has 0 aliphatic heterocycles. The zero-order valence-electron chi connectivity index (χ0n) is 11.2. The molecule has 2 rings (SSSR count). The first-order valence-corrected chi connectivity index (χ1v) is 6.62. The normalized spacial score (nSPS) is 15.7. The van der Waals surface area contributed by atoms with Crippen LogP contribution >= 0.6 is 0 Å². The maximum Gasteiger partial charge on any atom is 0.128 e. The van der Waals surface area contributed by atoms with Gasteiger partial charge in [-0.25, -0.2) is 4.98 Å². The Labute approximate surface area is 104 Å². The highest BCUT2D eigenvalue weighted by molar-refractivity contribution is 5.42. The van der Waals surface area contributed by atoms with Crippen molar-refractivity contribution in [2.75, 3.05) is 18.5 Å². The van der Waals surface area contributed by atoms with E-state index in [4.69, 9.17) is 4.98 Å². The van der Waals surface area contributed by atoms with Gasteiger partial charge in [0.1, 0.15) is 5.82 Å². The second kappa shape index (κ2) is 5.50. The molecule has 1 aromatic heterocycles. The second-order valence-corrected chi connectivity index (χ2v) is 4.89. The van der Waals surface area contributed by atoms with E-state index in [-0.39, 0.29) is 0 Å². The smallest absolute Gasteiger partial charge is 0.128 e. The molecule has 94 valence electrons. The molecule has 3 heteroatoms. The molecule has 0 aromatic carbocycles. The molecule has 0 spiro atoms. The Kier molecular flexibility index (Phi) is 4.00. The SMILES string of the molecule is CCNCc1ccc(N(C)C2CCC2)nc1C. The van der Waals surface area contributed by atoms with Crippen LogP contribution < -0.4 is 10.2 Å². The summed E-state index contributed by atoms with van der Waals surface area (Å²) in [4.78, 5) is 7.04. The van der Waals surface area contributed by atoms with E-state index in [1.165, 1.54) is 24.8 Å². The van der Waals surface area contributed by atoms with Crippen LogP contribution in [0.4, 0.5) is 5.82 Å². The minimum Gasteiger partial charge on any atom is -0.357 e. The summed E-state index contributed by atoms with van der Waals surface area (Å²) in [5.74, 6) is 1.12. The lowest BCUT2D eigenvalue weighted by Crippen LogP contribution is -2.37. The highest BCUT2D eigenvalue weighted by Gasteiger charge is 2.23. The largest absolute Gasteiger partial charge is 0.357 e. The molecular formula is C14H23N3. The minimum atomic E-state index is 0.710. The summed E-state index contributed by atoms with van der Waals surface area (Å²) in [6.45, 7) is 6.15. The van der Waals surface area contributed by atoms with Gasteiger partial charge in [-0.3, -0.25) is 0 Å². The van der Waals surface area contributed by atoms with Crippen LogP contribution in [0.1, 0.15) is 37.4 Å². The molecule has 1 fully saturated rings. The van der Waals surface area contributed by atoms with Gasteiger partial charge in [0.15, 0.2) is 0 Å². The van der Waals surface area contributed by atoms with Gasteiger partial charge in [-0.15, -0.1) is 0 Å². The van der Waals surface area contributed by atoms with E-state index in [9.17, 15) is 0 Å². The van der Waals surface area contributed by atoms with E-state index in [0.717, 1.165) is 24.6 Å². The molecule has 1 aliphatic carbocycles. The molecule has 17 heavy (non-hydrogen) atoms. The van der Waals surface area contributed by atoms with Crippen LogP contribution in [0.3, 0.4) is 0 Å². The van der Waals surface area contributed by atoms with Gasteiger partial charge in [-0.1, -0.05) is 13.0 Å². The number of nitrogens with one attached hydrogen (secondary N) is 1. The van der Waals surface area contributed by atoms with Crippen molar-refractivity contribution in [3.05, 3.63) is 23.4 Å². The van der Waals surface area contributed by atoms with E-state index in [1.807, 2.05) is 0 Å². The third-order valence-corrected chi connectivity index (χ3v) is 3.73. The number of aromatic nitrogens is 1. The molecule has 0 unspecified atom stereocenters. The second-order valence-electron chi connectivity index (χ2n) is 4.89. The fourth-order valence-corrected chi connectivity index (χ4v) is 2.18. The van der Waals surface area contributed by atoms with Gasteiger partial charge in [0, 0.05) is 25.3 Å². The van der Waals surface area contributed by atoms with Crippen LogP contribution in [0.5, 0.6) is 0 Å². The van der Waals surface area contributed by atoms with Gasteiger partial charge in [-0.05, 0) is 44.4 Å². The molecule has 0 saturated heterocycles. The van der Waals surface area contributed by atoms with Crippen molar-refractivity contribution >= 4 is 5.82 Å². The molecule has 0 bridgehead atoms. The van der Waals surface area contributed by atoms with Crippen molar-refractivity contribution in [3.8, 4) is 0 Å². The molecule has 1 saturated carbocycles. The molecule has 1 N–H and O–H groups in total. The zero-order valence-corrected chi connectivity index (χ0v) is 11.2. The van der Waals surface area contributed by atoms with Crippen molar-refractivity contribution in [3.63, 3.8) is 0 Å². The van der Waals surface area contributed by atoms with Crippen molar-refractivity contribution in [2.24, 2.45) is 0 Å². The van der Waals surface area contributed by atoms with Gasteiger partial charge >= 0.3 is 0 Å². The van der Waals surface area contributed by atoms with Crippen LogP contribution in [-0.2, 0) is 6.54 Å². The molecular weight excluding hydrogens is 210 g/mol. The monoisotopic (exact) mass is 233 g/mol. The third-order valence-electron chi connectivity index (χ3n) is 3.73. The van der Waals surface area contributed by atoms with Crippen molar-refractivity contribution in [1.29, 1.82) is 0 Å². The maximum absolute atomic E-state index is 4.71. The molecule has 0 atom stereocenters. The lowest BCUT2D eigenvalue weighted by Gasteiger charge is -2.35. The van der Waals surface area contributed by atoms with Crippen molar-refractivity contribution in [2.45, 2.75) is 45.7 Å². The lowest BCUT2D eigenvalue weighted by molar-refractivity contribution is 0.399. The van der Waals surface area contributed by atoms with Crippen LogP contribution in [0.2, 0.25) is 0 Å². The fraction of sp³-hybridized carbons (Fsp3) is 0.643. The Morgan fingerprint density at radius 2 is 2.18 bits per heavy atom. The summed E-state index contributed by atoms with van der Waals surface area (Å²) in [7, 11) is 2.16. The number of rotatable bonds is 5. The van der Waals surface area contributed by atoms with Gasteiger partial charge in [-0.2, -0.15) is 0 Å². The number of aryl methyl sites for hydroxylation is 1. The molecule has 3 nitrogen and oxygen atoms in total. The van der Waals surface area contributed by atoms with E-state index in [0.29, 0.717) is 6.04 Å². The van der Waals surface area contributed by atoms with Crippen molar-refractivity contribution in [1.82, 2.24) is 10.3 Å². The number of nitrogens with zero attached hydrogens (tertiary/aromatic N) is 2. The van der Waals surface area contributed by atoms with Crippen LogP contribution in [0.15, 0.2) is 12.1 Å². The first-order chi connectivity index (χ1) is 8.22. The fourth-order valence-electron chi connectivity index (χ4n) is 2.18.